The van der Waals surface area contributed by atoms with Crippen LogP contribution in [0.2, 0.25) is 0 Å². The van der Waals surface area contributed by atoms with Crippen molar-refractivity contribution in [3.8, 4) is 0 Å². The van der Waals surface area contributed by atoms with Crippen LogP contribution in [-0.2, 0) is 19.1 Å². The molecule has 1 aromatic carbocycles. The van der Waals surface area contributed by atoms with Crippen molar-refractivity contribution in [3.63, 3.8) is 0 Å². The topological polar surface area (TPSA) is 72.8 Å². The number of halogens is 2. The van der Waals surface area contributed by atoms with Gasteiger partial charge in [-0.1, -0.05) is 33.3 Å². The molecule has 11 atom stereocenters. The zero-order valence-electron chi connectivity index (χ0n) is 26.0. The zero-order chi connectivity index (χ0) is 30.4. The maximum Gasteiger partial charge on any atom is 0.303 e. The normalized spacial score (nSPS) is 38.9. The second-order valence-corrected chi connectivity index (χ2v) is 14.6. The number of fused-ring (bicyclic) bond motifs is 5. The molecule has 0 aliphatic heterocycles. The Morgan fingerprint density at radius 3 is 2.21 bits per heavy atom. The van der Waals surface area contributed by atoms with Crippen LogP contribution >= 0.6 is 0 Å². The maximum absolute atomic E-state index is 14.5. The molecule has 4 aliphatic carbocycles. The number of carbonyl (C=O) groups excluding carboxylic acids is 2. The standard InChI is InChI=1S/C35H50F2O5/c1-20(8-6-11-30(41-21(2)38)32-28(36)9-7-10-29(32)37)24-14-15-25-23-12-13-27-33(40)31(42-22(3)39)17-19-35(27,5)26(23)16-18-34(24,25)4/h7,9-10,20,23-27,30-31,33,40H,6,8,11-19H2,1-5H3/t20-,23+,24-,25+,26+,27+,30?,31+,33-,34-,35-/m1/s1. The van der Waals surface area contributed by atoms with E-state index < -0.39 is 29.8 Å². The first-order chi connectivity index (χ1) is 19.9. The van der Waals surface area contributed by atoms with Gasteiger partial charge in [-0.25, -0.2) is 8.78 Å². The first kappa shape index (κ1) is 31.4. The fourth-order valence-corrected chi connectivity index (χ4v) is 10.7. The molecule has 7 heteroatoms. The molecule has 5 rings (SSSR count). The van der Waals surface area contributed by atoms with Crippen molar-refractivity contribution in [2.24, 2.45) is 46.3 Å². The van der Waals surface area contributed by atoms with Crippen LogP contribution in [0.15, 0.2) is 18.2 Å². The number of esters is 2. The Labute approximate surface area is 250 Å². The molecular weight excluding hydrogens is 538 g/mol. The van der Waals surface area contributed by atoms with Gasteiger partial charge in [0.2, 0.25) is 0 Å². The molecule has 42 heavy (non-hydrogen) atoms. The van der Waals surface area contributed by atoms with E-state index in [-0.39, 0.29) is 34.4 Å². The smallest absolute Gasteiger partial charge is 0.303 e. The highest BCUT2D eigenvalue weighted by atomic mass is 19.1. The summed E-state index contributed by atoms with van der Waals surface area (Å²) in [5.74, 6) is 0.985. The fraction of sp³-hybridized carbons (Fsp3) is 0.771. The van der Waals surface area contributed by atoms with E-state index in [2.05, 4.69) is 20.8 Å². The summed E-state index contributed by atoms with van der Waals surface area (Å²) in [6, 6.07) is 3.76. The van der Waals surface area contributed by atoms with Crippen LogP contribution < -0.4 is 0 Å². The highest BCUT2D eigenvalue weighted by Crippen LogP contribution is 2.68. The summed E-state index contributed by atoms with van der Waals surface area (Å²) in [4.78, 5) is 23.4. The van der Waals surface area contributed by atoms with E-state index in [1.165, 1.54) is 57.7 Å². The lowest BCUT2D eigenvalue weighted by Gasteiger charge is -2.62. The molecular formula is C35H50F2O5. The Kier molecular flexibility index (Phi) is 9.10. The predicted molar refractivity (Wildman–Crippen MR) is 156 cm³/mol. The number of hydrogen-bond donors (Lipinski definition) is 1. The SMILES string of the molecule is CC(=O)OC(CCC[C@@H](C)[C@H]1CC[C@H]2[C@@H]3CC[C@H]4[C@@H](O)[C@@H](OC(C)=O)CC[C@]4(C)[C@H]3CC[C@]12C)c1c(F)cccc1F. The lowest BCUT2D eigenvalue weighted by molar-refractivity contribution is -0.191. The van der Waals surface area contributed by atoms with Gasteiger partial charge >= 0.3 is 11.9 Å². The number of hydrogen-bond acceptors (Lipinski definition) is 5. The van der Waals surface area contributed by atoms with Crippen LogP contribution in [-0.4, -0.2) is 29.3 Å². The van der Waals surface area contributed by atoms with Crippen molar-refractivity contribution < 1.29 is 33.0 Å². The van der Waals surface area contributed by atoms with Crippen molar-refractivity contribution in [2.45, 2.75) is 124 Å². The van der Waals surface area contributed by atoms with Crippen LogP contribution in [0, 0.1) is 58.0 Å². The largest absolute Gasteiger partial charge is 0.460 e. The maximum atomic E-state index is 14.5. The predicted octanol–water partition coefficient (Wildman–Crippen LogP) is 7.94. The molecule has 1 N–H and O–H groups in total. The van der Waals surface area contributed by atoms with Crippen molar-refractivity contribution in [1.29, 1.82) is 0 Å². The molecule has 0 aromatic heterocycles. The molecule has 5 nitrogen and oxygen atoms in total. The van der Waals surface area contributed by atoms with Gasteiger partial charge in [0.15, 0.2) is 0 Å². The quantitative estimate of drug-likeness (QED) is 0.312. The van der Waals surface area contributed by atoms with E-state index in [0.717, 1.165) is 38.5 Å². The second kappa shape index (κ2) is 12.2. The molecule has 0 amide bonds. The third kappa shape index (κ3) is 5.64. The minimum atomic E-state index is -0.916. The Hall–Kier alpha value is -2.02. The first-order valence-corrected chi connectivity index (χ1v) is 16.3. The summed E-state index contributed by atoms with van der Waals surface area (Å²) in [5, 5.41) is 11.2. The highest BCUT2D eigenvalue weighted by molar-refractivity contribution is 5.66. The molecule has 4 fully saturated rings. The number of aliphatic hydroxyl groups excluding tert-OH is 1. The fourth-order valence-electron chi connectivity index (χ4n) is 10.7. The van der Waals surface area contributed by atoms with Gasteiger partial charge in [0.1, 0.15) is 23.8 Å². The average molecular weight is 589 g/mol. The Bertz CT molecular complexity index is 1140. The molecule has 4 aliphatic rings. The lowest BCUT2D eigenvalue weighted by atomic mass is 9.44. The first-order valence-electron chi connectivity index (χ1n) is 16.3. The zero-order valence-corrected chi connectivity index (χ0v) is 26.0. The molecule has 4 saturated carbocycles. The molecule has 1 aromatic rings. The second-order valence-electron chi connectivity index (χ2n) is 14.6. The van der Waals surface area contributed by atoms with E-state index >= 15 is 0 Å². The molecule has 0 radical (unpaired) electrons. The van der Waals surface area contributed by atoms with Gasteiger partial charge in [-0.15, -0.1) is 0 Å². The van der Waals surface area contributed by atoms with E-state index in [1.807, 2.05) is 0 Å². The molecule has 0 spiro atoms. The number of rotatable bonds is 8. The van der Waals surface area contributed by atoms with Crippen LogP contribution in [0.3, 0.4) is 0 Å². The monoisotopic (exact) mass is 588 g/mol. The Morgan fingerprint density at radius 2 is 1.55 bits per heavy atom. The van der Waals surface area contributed by atoms with Gasteiger partial charge in [0.25, 0.3) is 0 Å². The van der Waals surface area contributed by atoms with Crippen molar-refractivity contribution in [3.05, 3.63) is 35.4 Å². The van der Waals surface area contributed by atoms with E-state index in [0.29, 0.717) is 36.0 Å². The number of ether oxygens (including phenoxy) is 2. The van der Waals surface area contributed by atoms with Crippen molar-refractivity contribution in [2.75, 3.05) is 0 Å². The average Bonchev–Trinajstić information content (AvgIpc) is 3.27. The van der Waals surface area contributed by atoms with Crippen molar-refractivity contribution in [1.82, 2.24) is 0 Å². The summed E-state index contributed by atoms with van der Waals surface area (Å²) in [5.41, 5.74) is 0.199. The van der Waals surface area contributed by atoms with E-state index in [1.54, 1.807) is 0 Å². The Morgan fingerprint density at radius 1 is 0.905 bits per heavy atom. The van der Waals surface area contributed by atoms with Gasteiger partial charge in [-0.3, -0.25) is 9.59 Å². The van der Waals surface area contributed by atoms with Crippen LogP contribution in [0.1, 0.15) is 117 Å². The van der Waals surface area contributed by atoms with Crippen LogP contribution in [0.25, 0.3) is 0 Å². The van der Waals surface area contributed by atoms with Crippen molar-refractivity contribution >= 4 is 11.9 Å². The van der Waals surface area contributed by atoms with E-state index in [9.17, 15) is 23.5 Å². The number of aliphatic hydroxyl groups is 1. The molecule has 0 heterocycles. The minimum absolute atomic E-state index is 0.0811. The van der Waals surface area contributed by atoms with Crippen LogP contribution in [0.4, 0.5) is 8.78 Å². The van der Waals surface area contributed by atoms with Gasteiger partial charge in [0, 0.05) is 13.8 Å². The van der Waals surface area contributed by atoms with Gasteiger partial charge in [-0.05, 0) is 123 Å². The summed E-state index contributed by atoms with van der Waals surface area (Å²) in [6.45, 7) is 9.96. The number of carbonyl (C=O) groups is 2. The highest BCUT2D eigenvalue weighted by Gasteiger charge is 2.62. The van der Waals surface area contributed by atoms with Crippen LogP contribution in [0.5, 0.6) is 0 Å². The third-order valence-corrected chi connectivity index (χ3v) is 12.5. The molecule has 0 saturated heterocycles. The van der Waals surface area contributed by atoms with E-state index in [4.69, 9.17) is 9.47 Å². The van der Waals surface area contributed by atoms with Gasteiger partial charge in [-0.2, -0.15) is 0 Å². The Balaban J connectivity index is 1.23. The molecule has 234 valence electrons. The van der Waals surface area contributed by atoms with Gasteiger partial charge < -0.3 is 14.6 Å². The lowest BCUT2D eigenvalue weighted by Crippen LogP contribution is -2.58. The molecule has 1 unspecified atom stereocenters. The molecule has 0 bridgehead atoms. The summed E-state index contributed by atoms with van der Waals surface area (Å²) < 4.78 is 39.9. The summed E-state index contributed by atoms with van der Waals surface area (Å²) >= 11 is 0. The minimum Gasteiger partial charge on any atom is -0.460 e. The summed E-state index contributed by atoms with van der Waals surface area (Å²) in [7, 11) is 0. The summed E-state index contributed by atoms with van der Waals surface area (Å²) in [6.07, 6.45) is 8.88. The number of benzene rings is 1. The van der Waals surface area contributed by atoms with Gasteiger partial charge in [0.05, 0.1) is 11.7 Å². The third-order valence-electron chi connectivity index (χ3n) is 12.5.